The van der Waals surface area contributed by atoms with Gasteiger partial charge < -0.3 is 0 Å². The van der Waals surface area contributed by atoms with Gasteiger partial charge in [0, 0.05) is 0 Å². The molecule has 2 aromatic carbocycles. The summed E-state index contributed by atoms with van der Waals surface area (Å²) in [6.07, 6.45) is 4.53. The lowest BCUT2D eigenvalue weighted by atomic mass is 10.1. The van der Waals surface area contributed by atoms with E-state index in [4.69, 9.17) is 0 Å². The van der Waals surface area contributed by atoms with Crippen LogP contribution in [0.2, 0.25) is 0 Å². The van der Waals surface area contributed by atoms with E-state index in [9.17, 15) is 9.18 Å². The van der Waals surface area contributed by atoms with Gasteiger partial charge in [-0.2, -0.15) is 5.10 Å². The third-order valence-electron chi connectivity index (χ3n) is 4.24. The van der Waals surface area contributed by atoms with Crippen LogP contribution in [0.5, 0.6) is 0 Å². The number of halogens is 1. The first-order valence-corrected chi connectivity index (χ1v) is 9.94. The van der Waals surface area contributed by atoms with E-state index >= 15 is 0 Å². The van der Waals surface area contributed by atoms with E-state index in [1.165, 1.54) is 23.9 Å². The molecule has 0 bridgehead atoms. The van der Waals surface area contributed by atoms with Crippen molar-refractivity contribution >= 4 is 29.1 Å². The van der Waals surface area contributed by atoms with Crippen molar-refractivity contribution in [3.05, 3.63) is 71.5 Å². The molecule has 1 aliphatic heterocycles. The average Bonchev–Trinajstić information content (AvgIpc) is 2.98. The third-order valence-corrected chi connectivity index (χ3v) is 5.48. The predicted molar refractivity (Wildman–Crippen MR) is 109 cm³/mol. The Bertz CT molecular complexity index is 821. The summed E-state index contributed by atoms with van der Waals surface area (Å²) in [5.74, 6) is -0.241. The van der Waals surface area contributed by atoms with Crippen LogP contribution in [0.3, 0.4) is 0 Å². The van der Waals surface area contributed by atoms with E-state index in [0.29, 0.717) is 11.7 Å². The van der Waals surface area contributed by atoms with Crippen LogP contribution >= 0.6 is 11.8 Å². The molecule has 1 unspecified atom stereocenters. The zero-order valence-corrected chi connectivity index (χ0v) is 16.0. The molecule has 0 aromatic heterocycles. The summed E-state index contributed by atoms with van der Waals surface area (Å²) in [5.41, 5.74) is 1.81. The van der Waals surface area contributed by atoms with Crippen LogP contribution < -0.4 is 0 Å². The summed E-state index contributed by atoms with van der Waals surface area (Å²) in [4.78, 5) is 14.5. The molecule has 1 saturated heterocycles. The molecule has 4 nitrogen and oxygen atoms in total. The Kier molecular flexibility index (Phi) is 6.76. The second kappa shape index (κ2) is 9.46. The number of thioether (sulfide) groups is 1. The first kappa shape index (κ1) is 19.3. The lowest BCUT2D eigenvalue weighted by molar-refractivity contribution is -0.126. The molecule has 0 spiro atoms. The Balaban J connectivity index is 1.78. The van der Waals surface area contributed by atoms with E-state index in [2.05, 4.69) is 17.1 Å². The van der Waals surface area contributed by atoms with Crippen molar-refractivity contribution in [2.75, 3.05) is 0 Å². The van der Waals surface area contributed by atoms with Crippen LogP contribution in [-0.2, 0) is 11.3 Å². The summed E-state index contributed by atoms with van der Waals surface area (Å²) in [5, 5.41) is 8.94. The number of nitrogens with zero attached hydrogens (tertiary/aromatic N) is 3. The lowest BCUT2D eigenvalue weighted by Gasteiger charge is -2.15. The van der Waals surface area contributed by atoms with Crippen molar-refractivity contribution in [2.45, 2.75) is 38.0 Å². The molecule has 6 heteroatoms. The van der Waals surface area contributed by atoms with Gasteiger partial charge in [-0.25, -0.2) is 4.39 Å². The molecular formula is C21H22FN3OS. The molecule has 0 aliphatic carbocycles. The quantitative estimate of drug-likeness (QED) is 0.507. The average molecular weight is 383 g/mol. The highest BCUT2D eigenvalue weighted by molar-refractivity contribution is 8.15. The van der Waals surface area contributed by atoms with Gasteiger partial charge in [0.2, 0.25) is 5.91 Å². The summed E-state index contributed by atoms with van der Waals surface area (Å²) in [7, 11) is 0. The van der Waals surface area contributed by atoms with E-state index in [0.717, 1.165) is 30.4 Å². The van der Waals surface area contributed by atoms with Crippen LogP contribution in [0.1, 0.15) is 37.3 Å². The molecule has 140 valence electrons. The molecular weight excluding hydrogens is 361 g/mol. The number of unbranched alkanes of at least 4 members (excludes halogenated alkanes) is 1. The number of carbonyl (C=O) groups is 1. The van der Waals surface area contributed by atoms with Crippen LogP contribution in [0.4, 0.5) is 4.39 Å². The van der Waals surface area contributed by atoms with Crippen molar-refractivity contribution in [3.63, 3.8) is 0 Å². The normalized spacial score (nSPS) is 18.7. The van der Waals surface area contributed by atoms with Crippen molar-refractivity contribution in [1.82, 2.24) is 4.90 Å². The van der Waals surface area contributed by atoms with Gasteiger partial charge in [-0.15, -0.1) is 5.10 Å². The van der Waals surface area contributed by atoms with E-state index in [1.54, 1.807) is 23.2 Å². The number of amidine groups is 1. The van der Waals surface area contributed by atoms with E-state index in [-0.39, 0.29) is 17.0 Å². The smallest absolute Gasteiger partial charge is 0.242 e. The Morgan fingerprint density at radius 1 is 1.15 bits per heavy atom. The van der Waals surface area contributed by atoms with Crippen LogP contribution in [0.15, 0.2) is 64.8 Å². The van der Waals surface area contributed by atoms with Crippen LogP contribution in [0, 0.1) is 5.82 Å². The molecule has 1 amide bonds. The van der Waals surface area contributed by atoms with Gasteiger partial charge in [0.05, 0.1) is 18.0 Å². The van der Waals surface area contributed by atoms with Crippen LogP contribution in [0.25, 0.3) is 0 Å². The number of carbonyl (C=O) groups excluding carboxylic acids is 1. The lowest BCUT2D eigenvalue weighted by Crippen LogP contribution is -2.31. The van der Waals surface area contributed by atoms with Gasteiger partial charge in [0.15, 0.2) is 5.17 Å². The second-order valence-electron chi connectivity index (χ2n) is 6.34. The molecule has 1 atom stereocenters. The topological polar surface area (TPSA) is 45.0 Å². The van der Waals surface area contributed by atoms with E-state index in [1.807, 2.05) is 30.3 Å². The number of benzene rings is 2. The van der Waals surface area contributed by atoms with Crippen molar-refractivity contribution in [2.24, 2.45) is 10.2 Å². The molecule has 1 aliphatic rings. The van der Waals surface area contributed by atoms with Crippen molar-refractivity contribution < 1.29 is 9.18 Å². The monoisotopic (exact) mass is 383 g/mol. The highest BCUT2D eigenvalue weighted by Crippen LogP contribution is 2.32. The van der Waals surface area contributed by atoms with Gasteiger partial charge in [0.1, 0.15) is 5.82 Å². The van der Waals surface area contributed by atoms with Crippen LogP contribution in [-0.4, -0.2) is 27.4 Å². The number of rotatable bonds is 7. The summed E-state index contributed by atoms with van der Waals surface area (Å²) in [6, 6.07) is 15.9. The van der Waals surface area contributed by atoms with Gasteiger partial charge in [-0.3, -0.25) is 9.69 Å². The summed E-state index contributed by atoms with van der Waals surface area (Å²) < 4.78 is 13.2. The molecule has 0 N–H and O–H groups in total. The summed E-state index contributed by atoms with van der Waals surface area (Å²) >= 11 is 1.46. The second-order valence-corrected chi connectivity index (χ2v) is 7.51. The van der Waals surface area contributed by atoms with E-state index < -0.39 is 0 Å². The Morgan fingerprint density at radius 2 is 1.89 bits per heavy atom. The fraction of sp³-hybridized carbons (Fsp3) is 0.286. The van der Waals surface area contributed by atoms with Gasteiger partial charge in [-0.1, -0.05) is 74.0 Å². The van der Waals surface area contributed by atoms with Crippen molar-refractivity contribution in [3.8, 4) is 0 Å². The highest BCUT2D eigenvalue weighted by atomic mass is 32.2. The SMILES string of the molecule is CCCCC1S/C(=N\N=C\c2ccccc2)N(Cc2ccc(F)cc2)C1=O. The van der Waals surface area contributed by atoms with Gasteiger partial charge in [0.25, 0.3) is 0 Å². The maximum Gasteiger partial charge on any atom is 0.242 e. The van der Waals surface area contributed by atoms with Crippen molar-refractivity contribution in [1.29, 1.82) is 0 Å². The van der Waals surface area contributed by atoms with Gasteiger partial charge in [-0.05, 0) is 29.7 Å². The Hall–Kier alpha value is -2.47. The third kappa shape index (κ3) is 5.26. The molecule has 2 aromatic rings. The first-order chi connectivity index (χ1) is 13.2. The molecule has 1 fully saturated rings. The Morgan fingerprint density at radius 3 is 2.59 bits per heavy atom. The molecule has 3 rings (SSSR count). The molecule has 0 radical (unpaired) electrons. The Labute approximate surface area is 163 Å². The number of hydrogen-bond donors (Lipinski definition) is 0. The number of amides is 1. The predicted octanol–water partition coefficient (Wildman–Crippen LogP) is 4.85. The molecule has 0 saturated carbocycles. The maximum atomic E-state index is 13.2. The number of hydrogen-bond acceptors (Lipinski definition) is 4. The summed E-state index contributed by atoms with van der Waals surface area (Å²) in [6.45, 7) is 2.48. The molecule has 1 heterocycles. The zero-order chi connectivity index (χ0) is 19.1. The van der Waals surface area contributed by atoms with Gasteiger partial charge >= 0.3 is 0 Å². The molecule has 27 heavy (non-hydrogen) atoms. The standard InChI is InChI=1S/C21H22FN3OS/c1-2-3-9-19-20(26)25(15-17-10-12-18(22)13-11-17)21(27-19)24-23-14-16-7-5-4-6-8-16/h4-8,10-14,19H,2-3,9,15H2,1H3/b23-14+,24-21-. The minimum atomic E-state index is -0.289. The fourth-order valence-corrected chi connectivity index (χ4v) is 3.90. The first-order valence-electron chi connectivity index (χ1n) is 9.06. The highest BCUT2D eigenvalue weighted by Gasteiger charge is 2.37. The minimum absolute atomic E-state index is 0.0476. The maximum absolute atomic E-state index is 13.2. The largest absolute Gasteiger partial charge is 0.284 e. The zero-order valence-electron chi connectivity index (χ0n) is 15.2. The fourth-order valence-electron chi connectivity index (χ4n) is 2.76. The minimum Gasteiger partial charge on any atom is -0.284 e.